The van der Waals surface area contributed by atoms with Crippen LogP contribution in [-0.2, 0) is 19.3 Å². The van der Waals surface area contributed by atoms with Crippen LogP contribution in [0.15, 0.2) is 43.1 Å². The van der Waals surface area contributed by atoms with Gasteiger partial charge in [0.1, 0.15) is 17.2 Å². The molecule has 0 aliphatic carbocycles. The van der Waals surface area contributed by atoms with Crippen molar-refractivity contribution in [3.63, 3.8) is 0 Å². The van der Waals surface area contributed by atoms with Gasteiger partial charge in [-0.1, -0.05) is 0 Å². The van der Waals surface area contributed by atoms with Gasteiger partial charge in [0.05, 0.1) is 20.4 Å². The number of ether oxygens (including phenoxy) is 2. The topological polar surface area (TPSA) is 85.8 Å². The average Bonchev–Trinajstić information content (AvgIpc) is 3.15. The van der Waals surface area contributed by atoms with E-state index in [0.29, 0.717) is 25.1 Å². The van der Waals surface area contributed by atoms with E-state index in [0.717, 1.165) is 33.5 Å². The van der Waals surface area contributed by atoms with Crippen molar-refractivity contribution in [1.82, 2.24) is 24.9 Å². The van der Waals surface area contributed by atoms with Crippen molar-refractivity contribution in [3.05, 3.63) is 71.4 Å². The first-order valence-corrected chi connectivity index (χ1v) is 9.14. The molecule has 0 bridgehead atoms. The Morgan fingerprint density at radius 1 is 0.897 bits per heavy atom. The molecule has 0 aromatic carbocycles. The van der Waals surface area contributed by atoms with Crippen molar-refractivity contribution >= 4 is 11.0 Å². The first kappa shape index (κ1) is 18.8. The SMILES string of the molecule is COc1cnc2[nH]cc(Cc3cnc(CCc4cnc(OC)c(F)c4)nc3)c2c1. The molecule has 0 atom stereocenters. The second kappa shape index (κ2) is 8.22. The summed E-state index contributed by atoms with van der Waals surface area (Å²) in [5, 5.41) is 1.02. The van der Waals surface area contributed by atoms with Gasteiger partial charge in [0, 0.05) is 43.0 Å². The van der Waals surface area contributed by atoms with Crippen molar-refractivity contribution < 1.29 is 13.9 Å². The molecule has 148 valence electrons. The lowest BCUT2D eigenvalue weighted by Gasteiger charge is -2.05. The highest BCUT2D eigenvalue weighted by Crippen LogP contribution is 2.23. The van der Waals surface area contributed by atoms with Gasteiger partial charge < -0.3 is 14.5 Å². The monoisotopic (exact) mass is 393 g/mol. The first-order chi connectivity index (χ1) is 14.2. The molecule has 4 heterocycles. The maximum absolute atomic E-state index is 13.7. The maximum atomic E-state index is 13.7. The lowest BCUT2D eigenvalue weighted by molar-refractivity contribution is 0.368. The number of hydrogen-bond acceptors (Lipinski definition) is 6. The van der Waals surface area contributed by atoms with E-state index in [1.807, 2.05) is 24.7 Å². The molecule has 7 nitrogen and oxygen atoms in total. The normalized spacial score (nSPS) is 11.0. The van der Waals surface area contributed by atoms with Gasteiger partial charge >= 0.3 is 0 Å². The third-order valence-electron chi connectivity index (χ3n) is 4.68. The van der Waals surface area contributed by atoms with E-state index in [-0.39, 0.29) is 5.88 Å². The highest BCUT2D eigenvalue weighted by molar-refractivity contribution is 5.81. The van der Waals surface area contributed by atoms with E-state index in [1.165, 1.54) is 13.2 Å². The summed E-state index contributed by atoms with van der Waals surface area (Å²) in [4.78, 5) is 20.4. The van der Waals surface area contributed by atoms with Crippen LogP contribution in [0.25, 0.3) is 11.0 Å². The molecule has 0 aliphatic rings. The van der Waals surface area contributed by atoms with Crippen molar-refractivity contribution in [3.8, 4) is 11.6 Å². The molecule has 4 aromatic heterocycles. The van der Waals surface area contributed by atoms with Crippen LogP contribution >= 0.6 is 0 Å². The third kappa shape index (κ3) is 4.16. The second-order valence-electron chi connectivity index (χ2n) is 6.60. The summed E-state index contributed by atoms with van der Waals surface area (Å²) in [6.45, 7) is 0. The van der Waals surface area contributed by atoms with Gasteiger partial charge in [0.15, 0.2) is 5.82 Å². The molecule has 0 fully saturated rings. The number of aryl methyl sites for hydroxylation is 2. The average molecular weight is 393 g/mol. The molecule has 0 spiro atoms. The summed E-state index contributed by atoms with van der Waals surface area (Å²) in [7, 11) is 3.02. The number of rotatable bonds is 7. The van der Waals surface area contributed by atoms with Crippen LogP contribution in [0.1, 0.15) is 22.5 Å². The Morgan fingerprint density at radius 3 is 2.41 bits per heavy atom. The van der Waals surface area contributed by atoms with E-state index in [1.54, 1.807) is 19.5 Å². The van der Waals surface area contributed by atoms with Gasteiger partial charge in [-0.3, -0.25) is 0 Å². The Kier molecular flexibility index (Phi) is 5.33. The fraction of sp³-hybridized carbons (Fsp3) is 0.238. The molecule has 29 heavy (non-hydrogen) atoms. The Labute approximate surface area is 167 Å². The van der Waals surface area contributed by atoms with Gasteiger partial charge in [-0.15, -0.1) is 0 Å². The van der Waals surface area contributed by atoms with Crippen LogP contribution in [0.5, 0.6) is 11.6 Å². The van der Waals surface area contributed by atoms with Crippen LogP contribution in [0.4, 0.5) is 4.39 Å². The van der Waals surface area contributed by atoms with Gasteiger partial charge in [-0.2, -0.15) is 0 Å². The molecule has 0 radical (unpaired) electrons. The van der Waals surface area contributed by atoms with Crippen LogP contribution in [0, 0.1) is 5.82 Å². The molecule has 0 unspecified atom stereocenters. The molecule has 0 saturated heterocycles. The zero-order valence-electron chi connectivity index (χ0n) is 16.1. The van der Waals surface area contributed by atoms with Crippen molar-refractivity contribution in [2.45, 2.75) is 19.3 Å². The van der Waals surface area contributed by atoms with Crippen LogP contribution in [0.2, 0.25) is 0 Å². The number of fused-ring (bicyclic) bond motifs is 1. The zero-order chi connectivity index (χ0) is 20.2. The molecular weight excluding hydrogens is 373 g/mol. The Morgan fingerprint density at radius 2 is 1.69 bits per heavy atom. The highest BCUT2D eigenvalue weighted by atomic mass is 19.1. The van der Waals surface area contributed by atoms with Crippen molar-refractivity contribution in [2.75, 3.05) is 14.2 Å². The molecule has 4 aromatic rings. The van der Waals surface area contributed by atoms with E-state index >= 15 is 0 Å². The minimum absolute atomic E-state index is 0.000506. The summed E-state index contributed by atoms with van der Waals surface area (Å²) >= 11 is 0. The minimum Gasteiger partial charge on any atom is -0.495 e. The highest BCUT2D eigenvalue weighted by Gasteiger charge is 2.09. The van der Waals surface area contributed by atoms with Crippen molar-refractivity contribution in [1.29, 1.82) is 0 Å². The molecule has 4 rings (SSSR count). The number of halogens is 1. The van der Waals surface area contributed by atoms with Gasteiger partial charge in [-0.25, -0.2) is 24.3 Å². The maximum Gasteiger partial charge on any atom is 0.250 e. The van der Waals surface area contributed by atoms with Crippen molar-refractivity contribution in [2.24, 2.45) is 0 Å². The lowest BCUT2D eigenvalue weighted by atomic mass is 10.1. The molecule has 0 saturated carbocycles. The second-order valence-corrected chi connectivity index (χ2v) is 6.60. The molecule has 0 amide bonds. The number of methoxy groups -OCH3 is 2. The standard InChI is InChI=1S/C21H20FN5O2/c1-28-16-7-17-15(11-25-20(17)26-12-16)5-14-9-23-19(24-10-14)4-3-13-6-18(22)21(29-2)27-8-13/h6-12H,3-5H2,1-2H3,(H,25,26). The molecule has 0 aliphatic heterocycles. The Balaban J connectivity index is 1.42. The van der Waals surface area contributed by atoms with Gasteiger partial charge in [0.2, 0.25) is 5.88 Å². The summed E-state index contributed by atoms with van der Waals surface area (Å²) < 4.78 is 23.8. The number of H-pyrrole nitrogens is 1. The predicted molar refractivity (Wildman–Crippen MR) is 106 cm³/mol. The Bertz CT molecular complexity index is 1130. The van der Waals surface area contributed by atoms with E-state index in [9.17, 15) is 4.39 Å². The molecule has 8 heteroatoms. The number of hydrogen-bond donors (Lipinski definition) is 1. The summed E-state index contributed by atoms with van der Waals surface area (Å²) in [5.41, 5.74) is 3.69. The fourth-order valence-corrected chi connectivity index (χ4v) is 3.13. The smallest absolute Gasteiger partial charge is 0.250 e. The van der Waals surface area contributed by atoms with Crippen LogP contribution in [0.3, 0.4) is 0 Å². The molecule has 1 N–H and O–H groups in total. The number of pyridine rings is 2. The lowest BCUT2D eigenvalue weighted by Crippen LogP contribution is -2.01. The Hall–Kier alpha value is -3.55. The quantitative estimate of drug-likeness (QED) is 0.519. The summed E-state index contributed by atoms with van der Waals surface area (Å²) in [6.07, 6.45) is 10.8. The minimum atomic E-state index is -0.467. The van der Waals surface area contributed by atoms with Gasteiger partial charge in [-0.05, 0) is 35.2 Å². The number of aromatic nitrogens is 5. The number of aromatic amines is 1. The predicted octanol–water partition coefficient (Wildman–Crippen LogP) is 3.28. The number of nitrogens with one attached hydrogen (secondary N) is 1. The first-order valence-electron chi connectivity index (χ1n) is 9.14. The van der Waals surface area contributed by atoms with Crippen LogP contribution in [-0.4, -0.2) is 39.1 Å². The van der Waals surface area contributed by atoms with Crippen LogP contribution < -0.4 is 9.47 Å². The largest absolute Gasteiger partial charge is 0.495 e. The fourth-order valence-electron chi connectivity index (χ4n) is 3.13. The summed E-state index contributed by atoms with van der Waals surface area (Å²) in [6, 6.07) is 3.39. The molecular formula is C21H20FN5O2. The van der Waals surface area contributed by atoms with E-state index in [2.05, 4.69) is 24.9 Å². The van der Waals surface area contributed by atoms with E-state index < -0.39 is 5.82 Å². The van der Waals surface area contributed by atoms with Gasteiger partial charge in [0.25, 0.3) is 0 Å². The zero-order valence-corrected chi connectivity index (χ0v) is 16.1. The third-order valence-corrected chi connectivity index (χ3v) is 4.68. The summed E-state index contributed by atoms with van der Waals surface area (Å²) in [5.74, 6) is 0.951. The van der Waals surface area contributed by atoms with E-state index in [4.69, 9.17) is 9.47 Å². The number of nitrogens with zero attached hydrogens (tertiary/aromatic N) is 4.